The van der Waals surface area contributed by atoms with E-state index < -0.39 is 12.0 Å². The minimum absolute atomic E-state index is 0.236. The van der Waals surface area contributed by atoms with Gasteiger partial charge in [0.15, 0.2) is 5.37 Å². The van der Waals surface area contributed by atoms with E-state index in [9.17, 15) is 9.90 Å². The molecule has 1 N–H and O–H groups in total. The molecule has 20 heavy (non-hydrogen) atoms. The van der Waals surface area contributed by atoms with E-state index in [1.807, 2.05) is 4.90 Å². The van der Waals surface area contributed by atoms with Gasteiger partial charge in [0.2, 0.25) is 0 Å². The summed E-state index contributed by atoms with van der Waals surface area (Å²) in [6, 6.07) is -0.406. The van der Waals surface area contributed by atoms with Crippen LogP contribution in [0.1, 0.15) is 39.0 Å². The van der Waals surface area contributed by atoms with Crippen molar-refractivity contribution in [3.05, 3.63) is 0 Å². The van der Waals surface area contributed by atoms with Crippen LogP contribution in [-0.4, -0.2) is 56.3 Å². The lowest BCUT2D eigenvalue weighted by atomic mass is 10.1. The van der Waals surface area contributed by atoms with E-state index >= 15 is 0 Å². The van der Waals surface area contributed by atoms with E-state index in [-0.39, 0.29) is 5.92 Å². The van der Waals surface area contributed by atoms with Gasteiger partial charge >= 0.3 is 5.97 Å². The second-order valence-electron chi connectivity index (χ2n) is 5.57. The van der Waals surface area contributed by atoms with Crippen molar-refractivity contribution in [2.75, 3.05) is 19.6 Å². The number of carboxylic acid groups (broad SMARTS) is 1. The predicted molar refractivity (Wildman–Crippen MR) is 88.0 cm³/mol. The molecule has 4 nitrogen and oxygen atoms in total. The third-order valence-electron chi connectivity index (χ3n) is 3.98. The van der Waals surface area contributed by atoms with Crippen molar-refractivity contribution in [2.24, 2.45) is 5.92 Å². The molecule has 0 aromatic heterocycles. The SMILES string of the molecule is CC(CC=[S+]N1CCCC1)C(=S)N1CCC[C@H]1C(=O)O. The Bertz CT molecular complexity index is 395. The zero-order chi connectivity index (χ0) is 14.5. The van der Waals surface area contributed by atoms with Crippen molar-refractivity contribution >= 4 is 40.1 Å². The summed E-state index contributed by atoms with van der Waals surface area (Å²) in [5.74, 6) is -0.507. The molecule has 2 rings (SSSR count). The molecular formula is C14H23N2O2S2+. The summed E-state index contributed by atoms with van der Waals surface area (Å²) >= 11 is 7.29. The van der Waals surface area contributed by atoms with E-state index in [1.54, 1.807) is 11.5 Å². The maximum Gasteiger partial charge on any atom is 0.326 e. The molecule has 0 bridgehead atoms. The summed E-state index contributed by atoms with van der Waals surface area (Å²) < 4.78 is 2.38. The Morgan fingerprint density at radius 2 is 2.10 bits per heavy atom. The summed E-state index contributed by atoms with van der Waals surface area (Å²) in [5, 5.41) is 11.4. The van der Waals surface area contributed by atoms with Crippen LogP contribution in [0.25, 0.3) is 0 Å². The molecule has 0 spiro atoms. The van der Waals surface area contributed by atoms with Gasteiger partial charge in [0.25, 0.3) is 11.5 Å². The second-order valence-corrected chi connectivity index (χ2v) is 7.05. The number of hydrogen-bond donors (Lipinski definition) is 1. The average molecular weight is 315 g/mol. The Balaban J connectivity index is 1.83. The number of aliphatic carboxylic acids is 1. The minimum atomic E-state index is -0.743. The largest absolute Gasteiger partial charge is 0.480 e. The monoisotopic (exact) mass is 315 g/mol. The second kappa shape index (κ2) is 7.43. The molecule has 2 saturated heterocycles. The fourth-order valence-corrected chi connectivity index (χ4v) is 4.13. The maximum absolute atomic E-state index is 11.2. The van der Waals surface area contributed by atoms with Gasteiger partial charge in [-0.15, -0.1) is 0 Å². The summed E-state index contributed by atoms with van der Waals surface area (Å²) in [4.78, 5) is 13.9. The molecule has 0 aliphatic carbocycles. The molecule has 2 atom stereocenters. The minimum Gasteiger partial charge on any atom is -0.480 e. The zero-order valence-electron chi connectivity index (χ0n) is 12.0. The van der Waals surface area contributed by atoms with Crippen LogP contribution < -0.4 is 0 Å². The number of thiocarbonyl (C=S) groups is 1. The number of nitrogens with zero attached hydrogens (tertiary/aromatic N) is 2. The molecule has 2 aliphatic rings. The number of hydrogen-bond acceptors (Lipinski definition) is 3. The molecule has 2 fully saturated rings. The van der Waals surface area contributed by atoms with Crippen molar-refractivity contribution in [3.63, 3.8) is 0 Å². The third-order valence-corrected chi connectivity index (χ3v) is 5.62. The first-order valence-electron chi connectivity index (χ1n) is 7.36. The molecule has 6 heteroatoms. The van der Waals surface area contributed by atoms with Crippen LogP contribution in [0.5, 0.6) is 0 Å². The van der Waals surface area contributed by atoms with Gasteiger partial charge in [-0.3, -0.25) is 0 Å². The normalized spacial score (nSPS) is 25.4. The first-order valence-corrected chi connectivity index (χ1v) is 8.60. The van der Waals surface area contributed by atoms with Gasteiger partial charge in [-0.25, -0.2) is 4.79 Å². The highest BCUT2D eigenvalue weighted by atomic mass is 32.1. The molecule has 2 aliphatic heterocycles. The fourth-order valence-electron chi connectivity index (χ4n) is 2.76. The van der Waals surface area contributed by atoms with Crippen LogP contribution in [0.4, 0.5) is 0 Å². The first kappa shape index (κ1) is 15.8. The van der Waals surface area contributed by atoms with E-state index in [0.29, 0.717) is 6.42 Å². The van der Waals surface area contributed by atoms with Crippen molar-refractivity contribution in [1.82, 2.24) is 9.21 Å². The average Bonchev–Trinajstić information content (AvgIpc) is 3.08. The summed E-state index contributed by atoms with van der Waals surface area (Å²) in [7, 11) is 0. The van der Waals surface area contributed by atoms with E-state index in [0.717, 1.165) is 24.4 Å². The number of carbonyl (C=O) groups is 1. The van der Waals surface area contributed by atoms with Crippen molar-refractivity contribution in [2.45, 2.75) is 45.1 Å². The molecule has 0 aromatic carbocycles. The molecule has 2 heterocycles. The summed E-state index contributed by atoms with van der Waals surface area (Å²) in [5.41, 5.74) is 0. The van der Waals surface area contributed by atoms with Crippen LogP contribution in [0.3, 0.4) is 0 Å². The van der Waals surface area contributed by atoms with Gasteiger partial charge < -0.3 is 10.0 Å². The Kier molecular flexibility index (Phi) is 5.86. The Morgan fingerprint density at radius 3 is 2.75 bits per heavy atom. The van der Waals surface area contributed by atoms with Crippen LogP contribution in [0, 0.1) is 5.92 Å². The Hall–Kier alpha value is -0.590. The smallest absolute Gasteiger partial charge is 0.326 e. The maximum atomic E-state index is 11.2. The lowest BCUT2D eigenvalue weighted by Gasteiger charge is -2.27. The number of carboxylic acids is 1. The van der Waals surface area contributed by atoms with Crippen molar-refractivity contribution in [1.29, 1.82) is 0 Å². The molecular weight excluding hydrogens is 292 g/mol. The fraction of sp³-hybridized carbons (Fsp3) is 0.786. The van der Waals surface area contributed by atoms with Gasteiger partial charge in [-0.1, -0.05) is 23.4 Å². The Morgan fingerprint density at radius 1 is 1.40 bits per heavy atom. The standard InChI is InChI=1S/C14H22N2O2S2/c1-11(6-10-20-15-7-2-3-8-15)13(19)16-9-4-5-12(16)14(17)18/h10-12H,2-9H2,1H3/p+1/t11?,12-/m0/s1. The Labute approximate surface area is 130 Å². The van der Waals surface area contributed by atoms with Crippen LogP contribution in [-0.2, 0) is 16.3 Å². The lowest BCUT2D eigenvalue weighted by Crippen LogP contribution is -2.42. The van der Waals surface area contributed by atoms with Gasteiger partial charge in [0, 0.05) is 18.9 Å². The molecule has 0 amide bonds. The molecule has 0 aromatic rings. The molecule has 1 unspecified atom stereocenters. The van der Waals surface area contributed by atoms with Crippen LogP contribution in [0.2, 0.25) is 0 Å². The third kappa shape index (κ3) is 3.96. The van der Waals surface area contributed by atoms with Crippen molar-refractivity contribution < 1.29 is 9.90 Å². The molecule has 112 valence electrons. The first-order chi connectivity index (χ1) is 9.59. The highest BCUT2D eigenvalue weighted by Gasteiger charge is 2.33. The van der Waals surface area contributed by atoms with E-state index in [1.165, 1.54) is 25.9 Å². The topological polar surface area (TPSA) is 43.8 Å². The summed E-state index contributed by atoms with van der Waals surface area (Å²) in [6.45, 7) is 5.24. The van der Waals surface area contributed by atoms with Gasteiger partial charge in [0.1, 0.15) is 6.04 Å². The summed E-state index contributed by atoms with van der Waals surface area (Å²) in [6.07, 6.45) is 5.14. The number of likely N-dealkylation sites (tertiary alicyclic amines) is 1. The highest BCUT2D eigenvalue weighted by Crippen LogP contribution is 2.22. The quantitative estimate of drug-likeness (QED) is 0.476. The lowest BCUT2D eigenvalue weighted by molar-refractivity contribution is -0.140. The van der Waals surface area contributed by atoms with Crippen LogP contribution >= 0.6 is 12.2 Å². The van der Waals surface area contributed by atoms with E-state index in [4.69, 9.17) is 12.2 Å². The molecule has 0 saturated carbocycles. The zero-order valence-corrected chi connectivity index (χ0v) is 13.6. The molecule has 0 radical (unpaired) electrons. The predicted octanol–water partition coefficient (Wildman–Crippen LogP) is 1.78. The van der Waals surface area contributed by atoms with Crippen molar-refractivity contribution in [3.8, 4) is 0 Å². The van der Waals surface area contributed by atoms with Gasteiger partial charge in [-0.2, -0.15) is 0 Å². The number of rotatable bonds is 5. The van der Waals surface area contributed by atoms with Crippen LogP contribution in [0.15, 0.2) is 0 Å². The highest BCUT2D eigenvalue weighted by molar-refractivity contribution is 7.80. The van der Waals surface area contributed by atoms with Gasteiger partial charge in [-0.05, 0) is 25.7 Å². The van der Waals surface area contributed by atoms with E-state index in [2.05, 4.69) is 16.6 Å². The van der Waals surface area contributed by atoms with Gasteiger partial charge in [0.05, 0.1) is 18.1 Å².